The van der Waals surface area contributed by atoms with Gasteiger partial charge in [-0.15, -0.1) is 0 Å². The molecule has 41 heavy (non-hydrogen) atoms. The van der Waals surface area contributed by atoms with Crippen molar-refractivity contribution in [1.82, 2.24) is 20.1 Å². The van der Waals surface area contributed by atoms with Crippen molar-refractivity contribution in [3.63, 3.8) is 0 Å². The second-order valence-corrected chi connectivity index (χ2v) is 11.7. The van der Waals surface area contributed by atoms with E-state index in [4.69, 9.17) is 0 Å². The first kappa shape index (κ1) is 26.9. The van der Waals surface area contributed by atoms with E-state index >= 15 is 0 Å². The minimum atomic E-state index is -0.953. The van der Waals surface area contributed by atoms with Crippen LogP contribution in [0.1, 0.15) is 73.1 Å². The predicted octanol–water partition coefficient (Wildman–Crippen LogP) is 3.57. The van der Waals surface area contributed by atoms with Gasteiger partial charge in [0.25, 0.3) is 11.5 Å². The number of nitrogens with one attached hydrogen (secondary N) is 3. The highest BCUT2D eigenvalue weighted by Gasteiger charge is 2.48. The molecular weight excluding hydrogens is 527 g/mol. The van der Waals surface area contributed by atoms with E-state index in [1.807, 2.05) is 13.8 Å². The summed E-state index contributed by atoms with van der Waals surface area (Å²) in [6.07, 6.45) is 6.69. The number of carbonyl (C=O) groups is 3. The molecular formula is C30H33FN6O4. The largest absolute Gasteiger partial charge is 0.339 e. The van der Waals surface area contributed by atoms with Crippen molar-refractivity contribution in [2.45, 2.75) is 57.5 Å². The van der Waals surface area contributed by atoms with Gasteiger partial charge in [0.2, 0.25) is 11.8 Å². The van der Waals surface area contributed by atoms with Gasteiger partial charge in [-0.3, -0.25) is 23.9 Å². The van der Waals surface area contributed by atoms with Gasteiger partial charge in [0.05, 0.1) is 5.92 Å². The van der Waals surface area contributed by atoms with Crippen LogP contribution in [0.2, 0.25) is 0 Å². The van der Waals surface area contributed by atoms with E-state index in [9.17, 15) is 23.6 Å². The Balaban J connectivity index is 1.28. The summed E-state index contributed by atoms with van der Waals surface area (Å²) in [5, 5.41) is 10.3. The molecule has 0 radical (unpaired) electrons. The Morgan fingerprint density at radius 1 is 1.05 bits per heavy atom. The normalized spacial score (nSPS) is 19.0. The molecule has 0 saturated heterocycles. The Morgan fingerprint density at radius 3 is 2.41 bits per heavy atom. The van der Waals surface area contributed by atoms with Crippen molar-refractivity contribution in [2.75, 3.05) is 17.3 Å². The summed E-state index contributed by atoms with van der Waals surface area (Å²) in [6.45, 7) is 3.88. The first-order valence-electron chi connectivity index (χ1n) is 14.1. The average molecular weight is 561 g/mol. The number of hydrogen-bond donors (Lipinski definition) is 3. The molecule has 1 aliphatic heterocycles. The maximum atomic E-state index is 13.9. The quantitative estimate of drug-likeness (QED) is 0.369. The number of benzene rings is 1. The molecule has 3 aromatic rings. The molecule has 2 fully saturated rings. The second kappa shape index (κ2) is 10.3. The fraction of sp³-hybridized carbons (Fsp3) is 0.433. The molecule has 214 valence electrons. The third-order valence-electron chi connectivity index (χ3n) is 8.43. The molecule has 1 aromatic carbocycles. The molecule has 2 aliphatic carbocycles. The summed E-state index contributed by atoms with van der Waals surface area (Å²) in [7, 11) is 1.58. The zero-order valence-corrected chi connectivity index (χ0v) is 23.2. The van der Waals surface area contributed by atoms with Crippen LogP contribution in [0.4, 0.5) is 15.8 Å². The van der Waals surface area contributed by atoms with Gasteiger partial charge in [0.15, 0.2) is 0 Å². The molecule has 0 bridgehead atoms. The number of anilines is 2. The standard InChI is InChI=1S/C30H33FN6O4/c1-15(2)37-22(10-11-33-37)28(39)35-26(24(16-4-5-16)17-6-7-17)29(40)34-19-8-9-20-23(13-19)36(3)30(41)25(20)21-12-18(31)14-32-27(21)38/h8-17,24-26H,4-7H2,1-3H3,(H,32,38)(H,34,40)(H,35,39)/t25?,26-/m0/s1. The Bertz CT molecular complexity index is 1580. The summed E-state index contributed by atoms with van der Waals surface area (Å²) >= 11 is 0. The van der Waals surface area contributed by atoms with E-state index in [0.29, 0.717) is 34.5 Å². The van der Waals surface area contributed by atoms with E-state index in [2.05, 4.69) is 20.7 Å². The number of halogens is 1. The first-order chi connectivity index (χ1) is 19.6. The van der Waals surface area contributed by atoms with E-state index < -0.39 is 23.3 Å². The van der Waals surface area contributed by atoms with Crippen LogP contribution < -0.4 is 21.1 Å². The number of aromatic amines is 1. The number of pyridine rings is 1. The van der Waals surface area contributed by atoms with E-state index in [0.717, 1.165) is 37.9 Å². The third kappa shape index (κ3) is 5.05. The molecule has 0 spiro atoms. The van der Waals surface area contributed by atoms with Gasteiger partial charge in [0, 0.05) is 42.4 Å². The zero-order valence-electron chi connectivity index (χ0n) is 23.2. The number of nitrogens with zero attached hydrogens (tertiary/aromatic N) is 3. The van der Waals surface area contributed by atoms with Gasteiger partial charge in [-0.2, -0.15) is 5.10 Å². The first-order valence-corrected chi connectivity index (χ1v) is 14.1. The molecule has 2 atom stereocenters. The average Bonchev–Trinajstić information content (AvgIpc) is 3.88. The highest BCUT2D eigenvalue weighted by Crippen LogP contribution is 2.51. The van der Waals surface area contributed by atoms with Gasteiger partial charge in [0.1, 0.15) is 17.6 Å². The maximum Gasteiger partial charge on any atom is 0.270 e. The fourth-order valence-electron chi connectivity index (χ4n) is 6.16. The van der Waals surface area contributed by atoms with E-state index in [1.54, 1.807) is 42.2 Å². The second-order valence-electron chi connectivity index (χ2n) is 11.7. The van der Waals surface area contributed by atoms with Crippen LogP contribution in [0.3, 0.4) is 0 Å². The number of fused-ring (bicyclic) bond motifs is 1. The predicted molar refractivity (Wildman–Crippen MR) is 150 cm³/mol. The van der Waals surface area contributed by atoms with Crippen LogP contribution >= 0.6 is 0 Å². The van der Waals surface area contributed by atoms with E-state index in [-0.39, 0.29) is 35.2 Å². The molecule has 10 nitrogen and oxygen atoms in total. The fourth-order valence-corrected chi connectivity index (χ4v) is 6.16. The lowest BCUT2D eigenvalue weighted by Gasteiger charge is -2.28. The highest BCUT2D eigenvalue weighted by molar-refractivity contribution is 6.08. The number of hydrogen-bond acceptors (Lipinski definition) is 5. The van der Waals surface area contributed by atoms with Crippen molar-refractivity contribution in [1.29, 1.82) is 0 Å². The summed E-state index contributed by atoms with van der Waals surface area (Å²) in [5.41, 5.74) is 1.42. The molecule has 3 amide bonds. The van der Waals surface area contributed by atoms with Crippen molar-refractivity contribution in [3.8, 4) is 0 Å². The van der Waals surface area contributed by atoms with Crippen LogP contribution in [0.15, 0.2) is 47.5 Å². The Morgan fingerprint density at radius 2 is 1.76 bits per heavy atom. The minimum absolute atomic E-state index is 0.0152. The van der Waals surface area contributed by atoms with Crippen molar-refractivity contribution in [3.05, 3.63) is 75.7 Å². The van der Waals surface area contributed by atoms with Crippen molar-refractivity contribution in [2.24, 2.45) is 17.8 Å². The summed E-state index contributed by atoms with van der Waals surface area (Å²) < 4.78 is 15.6. The number of carbonyl (C=O) groups excluding carboxylic acids is 3. The Labute approximate surface area is 236 Å². The van der Waals surface area contributed by atoms with Gasteiger partial charge in [-0.25, -0.2) is 4.39 Å². The Hall–Kier alpha value is -4.28. The summed E-state index contributed by atoms with van der Waals surface area (Å²) in [4.78, 5) is 56.5. The number of rotatable bonds is 9. The van der Waals surface area contributed by atoms with Crippen LogP contribution in [0.25, 0.3) is 0 Å². The Kier molecular flexibility index (Phi) is 6.75. The van der Waals surface area contributed by atoms with Crippen LogP contribution in [0, 0.1) is 23.6 Å². The summed E-state index contributed by atoms with van der Waals surface area (Å²) in [5.74, 6) is -1.80. The monoisotopic (exact) mass is 560 g/mol. The minimum Gasteiger partial charge on any atom is -0.339 e. The molecule has 2 saturated carbocycles. The number of likely N-dealkylation sites (N-methyl/N-ethyl adjacent to an activating group) is 1. The van der Waals surface area contributed by atoms with Crippen molar-refractivity contribution < 1.29 is 18.8 Å². The molecule has 3 heterocycles. The molecule has 3 aliphatic rings. The molecule has 3 N–H and O–H groups in total. The van der Waals surface area contributed by atoms with Crippen LogP contribution in [0.5, 0.6) is 0 Å². The third-order valence-corrected chi connectivity index (χ3v) is 8.43. The SMILES string of the molecule is CC(C)n1nccc1C(=O)N[C@H](C(=O)Nc1ccc2c(c1)N(C)C(=O)C2c1cc(F)c[nH]c1=O)C(C1CC1)C1CC1. The van der Waals surface area contributed by atoms with Gasteiger partial charge < -0.3 is 20.5 Å². The smallest absolute Gasteiger partial charge is 0.270 e. The zero-order chi connectivity index (χ0) is 29.0. The molecule has 1 unspecified atom stereocenters. The van der Waals surface area contributed by atoms with Gasteiger partial charge in [-0.1, -0.05) is 6.07 Å². The van der Waals surface area contributed by atoms with Crippen LogP contribution in [-0.2, 0) is 9.59 Å². The molecule has 6 rings (SSSR count). The number of aromatic nitrogens is 3. The lowest BCUT2D eigenvalue weighted by Crippen LogP contribution is -2.50. The maximum absolute atomic E-state index is 13.9. The van der Waals surface area contributed by atoms with Gasteiger partial charge >= 0.3 is 0 Å². The van der Waals surface area contributed by atoms with Crippen molar-refractivity contribution >= 4 is 29.1 Å². The lowest BCUT2D eigenvalue weighted by molar-refractivity contribution is -0.120. The van der Waals surface area contributed by atoms with E-state index in [1.165, 1.54) is 4.90 Å². The molecule has 11 heteroatoms. The highest BCUT2D eigenvalue weighted by atomic mass is 19.1. The lowest BCUT2D eigenvalue weighted by atomic mass is 9.88. The van der Waals surface area contributed by atoms with Crippen LogP contribution in [-0.4, -0.2) is 45.6 Å². The number of H-pyrrole nitrogens is 1. The van der Waals surface area contributed by atoms with Gasteiger partial charge in [-0.05, 0) is 87.1 Å². The molecule has 2 aromatic heterocycles. The topological polar surface area (TPSA) is 129 Å². The summed E-state index contributed by atoms with van der Waals surface area (Å²) in [6, 6.07) is 7.00. The number of amides is 3.